The van der Waals surface area contributed by atoms with Crippen molar-refractivity contribution >= 4 is 29.2 Å². The molecule has 0 aliphatic carbocycles. The van der Waals surface area contributed by atoms with E-state index in [1.807, 2.05) is 24.0 Å². The summed E-state index contributed by atoms with van der Waals surface area (Å²) in [5.74, 6) is -0.568. The van der Waals surface area contributed by atoms with E-state index in [4.69, 9.17) is 17.0 Å². The molecule has 140 valence electrons. The number of nitrogens with zero attached hydrogens (tertiary/aromatic N) is 2. The molecular weight excluding hydrogens is 350 g/mol. The molecule has 7 heteroatoms. The molecule has 0 aromatic heterocycles. The number of methoxy groups -OCH3 is 1. The number of likely N-dealkylation sites (N-methyl/N-ethyl adjacent to an activating group) is 1. The van der Waals surface area contributed by atoms with Crippen molar-refractivity contribution in [2.24, 2.45) is 0 Å². The predicted octanol–water partition coefficient (Wildman–Crippen LogP) is 2.48. The molecule has 26 heavy (non-hydrogen) atoms. The lowest BCUT2D eigenvalue weighted by molar-refractivity contribution is -0.125. The van der Waals surface area contributed by atoms with Gasteiger partial charge in [-0.05, 0) is 37.2 Å². The van der Waals surface area contributed by atoms with Gasteiger partial charge in [0.1, 0.15) is 0 Å². The Kier molecular flexibility index (Phi) is 6.37. The number of nitrogens with one attached hydrogen (secondary N) is 1. The van der Waals surface area contributed by atoms with Crippen LogP contribution in [0.4, 0.5) is 0 Å². The van der Waals surface area contributed by atoms with Crippen LogP contribution in [-0.2, 0) is 9.53 Å². The summed E-state index contributed by atoms with van der Waals surface area (Å²) in [7, 11) is 4.76. The molecule has 0 bridgehead atoms. The number of carbonyl (C=O) groups excluding carboxylic acids is 2. The van der Waals surface area contributed by atoms with Gasteiger partial charge in [0.15, 0.2) is 5.11 Å². The number of ether oxygens (including phenoxy) is 1. The fourth-order valence-electron chi connectivity index (χ4n) is 3.07. The number of thiocarbonyl (C=S) groups is 1. The summed E-state index contributed by atoms with van der Waals surface area (Å²) in [5, 5.41) is 3.79. The molecule has 6 nitrogen and oxygen atoms in total. The first-order chi connectivity index (χ1) is 12.3. The summed E-state index contributed by atoms with van der Waals surface area (Å²) in [4.78, 5) is 28.6. The van der Waals surface area contributed by atoms with Crippen molar-refractivity contribution in [3.63, 3.8) is 0 Å². The summed E-state index contributed by atoms with van der Waals surface area (Å²) in [6.07, 6.45) is 0.895. The first-order valence-electron chi connectivity index (χ1n) is 8.51. The second kappa shape index (κ2) is 8.31. The van der Waals surface area contributed by atoms with Crippen molar-refractivity contribution in [2.45, 2.75) is 26.3 Å². The van der Waals surface area contributed by atoms with Gasteiger partial charge in [-0.15, -0.1) is 0 Å². The maximum Gasteiger partial charge on any atom is 0.338 e. The van der Waals surface area contributed by atoms with Crippen LogP contribution in [0.25, 0.3) is 0 Å². The van der Waals surface area contributed by atoms with Crippen LogP contribution in [0, 0.1) is 0 Å². The lowest BCUT2D eigenvalue weighted by Crippen LogP contribution is -2.49. The van der Waals surface area contributed by atoms with E-state index in [0.717, 1.165) is 12.1 Å². The lowest BCUT2D eigenvalue weighted by atomic mass is 9.90. The monoisotopic (exact) mass is 375 g/mol. The zero-order chi connectivity index (χ0) is 19.4. The summed E-state index contributed by atoms with van der Waals surface area (Å²) < 4.78 is 4.90. The Hall–Kier alpha value is -2.41. The van der Waals surface area contributed by atoms with Gasteiger partial charge >= 0.3 is 5.97 Å². The van der Waals surface area contributed by atoms with Crippen molar-refractivity contribution in [2.75, 3.05) is 27.7 Å². The SMILES string of the molecule is CCCN1C(=S)NC(c2ccccc2C(=O)OC)C(C(=O)N(C)C)=C1C. The van der Waals surface area contributed by atoms with Crippen LogP contribution in [0.5, 0.6) is 0 Å². The van der Waals surface area contributed by atoms with Crippen molar-refractivity contribution in [1.82, 2.24) is 15.1 Å². The third kappa shape index (κ3) is 3.72. The molecule has 0 spiro atoms. The van der Waals surface area contributed by atoms with Crippen LogP contribution >= 0.6 is 12.2 Å². The Morgan fingerprint density at radius 3 is 2.54 bits per heavy atom. The van der Waals surface area contributed by atoms with Gasteiger partial charge in [0.25, 0.3) is 5.91 Å². The standard InChI is InChI=1S/C19H25N3O3S/c1-6-11-22-12(2)15(17(23)21(3)4)16(20-19(22)26)13-9-7-8-10-14(13)18(24)25-5/h7-10,16H,6,11H2,1-5H3,(H,20,26). The number of benzene rings is 1. The van der Waals surface area contributed by atoms with E-state index in [2.05, 4.69) is 12.2 Å². The number of hydrogen-bond acceptors (Lipinski definition) is 4. The first kappa shape index (κ1) is 19.9. The fraction of sp³-hybridized carbons (Fsp3) is 0.421. The lowest BCUT2D eigenvalue weighted by Gasteiger charge is -2.38. The van der Waals surface area contributed by atoms with E-state index in [1.165, 1.54) is 12.0 Å². The number of allylic oxidation sites excluding steroid dienone is 1. The average molecular weight is 375 g/mol. The molecule has 1 atom stereocenters. The summed E-state index contributed by atoms with van der Waals surface area (Å²) in [6, 6.07) is 6.60. The molecular formula is C19H25N3O3S. The molecule has 0 saturated heterocycles. The Morgan fingerprint density at radius 2 is 1.96 bits per heavy atom. The molecule has 0 saturated carbocycles. The van der Waals surface area contributed by atoms with E-state index < -0.39 is 12.0 Å². The van der Waals surface area contributed by atoms with Crippen molar-refractivity contribution < 1.29 is 14.3 Å². The van der Waals surface area contributed by atoms with Crippen LogP contribution in [0.3, 0.4) is 0 Å². The van der Waals surface area contributed by atoms with E-state index in [1.54, 1.807) is 26.2 Å². The third-order valence-corrected chi connectivity index (χ3v) is 4.70. The quantitative estimate of drug-likeness (QED) is 0.630. The van der Waals surface area contributed by atoms with Crippen LogP contribution in [0.2, 0.25) is 0 Å². The number of rotatable bonds is 5. The number of carbonyl (C=O) groups is 2. The fourth-order valence-corrected chi connectivity index (χ4v) is 3.42. The van der Waals surface area contributed by atoms with Gasteiger partial charge in [0, 0.05) is 26.3 Å². The summed E-state index contributed by atoms with van der Waals surface area (Å²) in [5.41, 5.74) is 2.46. The summed E-state index contributed by atoms with van der Waals surface area (Å²) >= 11 is 5.53. The van der Waals surface area contributed by atoms with Gasteiger partial charge in [-0.1, -0.05) is 25.1 Å². The molecule has 1 aliphatic heterocycles. The molecule has 0 fully saturated rings. The van der Waals surface area contributed by atoms with Gasteiger partial charge in [-0.25, -0.2) is 4.79 Å². The van der Waals surface area contributed by atoms with Crippen LogP contribution in [0.15, 0.2) is 35.5 Å². The third-order valence-electron chi connectivity index (χ3n) is 4.36. The molecule has 1 aromatic rings. The Morgan fingerprint density at radius 1 is 1.31 bits per heavy atom. The molecule has 1 heterocycles. The van der Waals surface area contributed by atoms with Gasteiger partial charge in [-0.2, -0.15) is 0 Å². The largest absolute Gasteiger partial charge is 0.465 e. The van der Waals surface area contributed by atoms with Gasteiger partial charge < -0.3 is 19.9 Å². The van der Waals surface area contributed by atoms with Crippen molar-refractivity contribution in [3.05, 3.63) is 46.7 Å². The van der Waals surface area contributed by atoms with E-state index in [-0.39, 0.29) is 5.91 Å². The van der Waals surface area contributed by atoms with Crippen LogP contribution in [0.1, 0.15) is 42.2 Å². The number of hydrogen-bond donors (Lipinski definition) is 1. The highest BCUT2D eigenvalue weighted by molar-refractivity contribution is 7.80. The van der Waals surface area contributed by atoms with Crippen molar-refractivity contribution in [3.8, 4) is 0 Å². The molecule has 1 aromatic carbocycles. The Balaban J connectivity index is 2.65. The molecule has 1 amide bonds. The van der Waals surface area contributed by atoms with Crippen LogP contribution < -0.4 is 5.32 Å². The van der Waals surface area contributed by atoms with Gasteiger partial charge in [0.05, 0.1) is 24.3 Å². The number of esters is 1. The number of amides is 1. The van der Waals surface area contributed by atoms with E-state index in [9.17, 15) is 9.59 Å². The average Bonchev–Trinajstić information content (AvgIpc) is 2.63. The zero-order valence-electron chi connectivity index (χ0n) is 15.8. The molecule has 1 aliphatic rings. The first-order valence-corrected chi connectivity index (χ1v) is 8.91. The molecule has 1 N–H and O–H groups in total. The topological polar surface area (TPSA) is 61.9 Å². The second-order valence-electron chi connectivity index (χ2n) is 6.31. The smallest absolute Gasteiger partial charge is 0.338 e. The van der Waals surface area contributed by atoms with Gasteiger partial charge in [-0.3, -0.25) is 4.79 Å². The molecule has 1 unspecified atom stereocenters. The van der Waals surface area contributed by atoms with E-state index in [0.29, 0.717) is 28.4 Å². The summed E-state index contributed by atoms with van der Waals surface area (Å²) in [6.45, 7) is 4.67. The van der Waals surface area contributed by atoms with Gasteiger partial charge in [0.2, 0.25) is 0 Å². The van der Waals surface area contributed by atoms with Crippen molar-refractivity contribution in [1.29, 1.82) is 0 Å². The highest BCUT2D eigenvalue weighted by atomic mass is 32.1. The zero-order valence-corrected chi connectivity index (χ0v) is 16.6. The maximum absolute atomic E-state index is 12.9. The van der Waals surface area contributed by atoms with E-state index >= 15 is 0 Å². The Bertz CT molecular complexity index is 758. The van der Waals surface area contributed by atoms with Crippen LogP contribution in [-0.4, -0.2) is 54.5 Å². The predicted molar refractivity (Wildman–Crippen MR) is 105 cm³/mol. The second-order valence-corrected chi connectivity index (χ2v) is 6.70. The normalized spacial score (nSPS) is 17.0. The highest BCUT2D eigenvalue weighted by Gasteiger charge is 2.36. The molecule has 0 radical (unpaired) electrons. The molecule has 2 rings (SSSR count). The maximum atomic E-state index is 12.9. The highest BCUT2D eigenvalue weighted by Crippen LogP contribution is 2.33. The minimum Gasteiger partial charge on any atom is -0.465 e. The minimum absolute atomic E-state index is 0.122. The minimum atomic E-state index is -0.513. The Labute approximate surface area is 159 Å².